The second-order valence-electron chi connectivity index (χ2n) is 14.7. The van der Waals surface area contributed by atoms with Gasteiger partial charge in [-0.15, -0.1) is 0 Å². The number of hydrogen-bond acceptors (Lipinski definition) is 1. The van der Waals surface area contributed by atoms with Gasteiger partial charge in [0.15, 0.2) is 0 Å². The largest absolute Gasteiger partial charge is 0.496 e. The summed E-state index contributed by atoms with van der Waals surface area (Å²) in [4.78, 5) is 0. The molecule has 0 saturated heterocycles. The Morgan fingerprint density at radius 1 is 0.651 bits per heavy atom. The fraction of sp³-hybridized carbons (Fsp3) is 0.526. The Labute approximate surface area is 260 Å². The Morgan fingerprint density at radius 3 is 1.53 bits per heavy atom. The van der Waals surface area contributed by atoms with Crippen LogP contribution in [-0.4, -0.2) is 17.4 Å². The number of halogens is 3. The van der Waals surface area contributed by atoms with Gasteiger partial charge in [-0.25, -0.2) is 0 Å². The molecule has 0 fully saturated rings. The van der Waals surface area contributed by atoms with Crippen LogP contribution in [0.15, 0.2) is 42.5 Å². The van der Waals surface area contributed by atoms with Crippen molar-refractivity contribution in [2.24, 2.45) is 0 Å². The topological polar surface area (TPSA) is 9.23 Å². The monoisotopic (exact) mass is 612 g/mol. The SMILES string of the molecule is COc1ccc(C)c(-c2c(C(C)C)cc(C(C)C)c(-c3ccc(C(F)(F)F)cc3)c2C(C)C)c1P(C(C)(C)C)C(C)(C)C. The smallest absolute Gasteiger partial charge is 0.416 e. The van der Waals surface area contributed by atoms with Crippen LogP contribution in [-0.2, 0) is 6.18 Å². The zero-order valence-corrected chi connectivity index (χ0v) is 29.7. The van der Waals surface area contributed by atoms with Gasteiger partial charge in [-0.05, 0) is 97.7 Å². The van der Waals surface area contributed by atoms with E-state index in [-0.39, 0.29) is 28.1 Å². The normalized spacial score (nSPS) is 13.1. The molecule has 3 aromatic carbocycles. The van der Waals surface area contributed by atoms with E-state index in [2.05, 4.69) is 108 Å². The molecule has 0 aliphatic heterocycles. The maximum Gasteiger partial charge on any atom is 0.416 e. The van der Waals surface area contributed by atoms with Gasteiger partial charge in [-0.1, -0.05) is 115 Å². The van der Waals surface area contributed by atoms with Crippen LogP contribution in [0.25, 0.3) is 22.3 Å². The molecule has 0 atom stereocenters. The molecule has 3 rings (SSSR count). The fourth-order valence-electron chi connectivity index (χ4n) is 6.72. The molecular formula is C38H52F3OP. The third kappa shape index (κ3) is 7.16. The second-order valence-corrected chi connectivity index (χ2v) is 18.5. The molecule has 236 valence electrons. The second kappa shape index (κ2) is 12.6. The summed E-state index contributed by atoms with van der Waals surface area (Å²) >= 11 is 0. The molecule has 43 heavy (non-hydrogen) atoms. The zero-order valence-electron chi connectivity index (χ0n) is 28.8. The molecule has 0 bridgehead atoms. The number of hydrogen-bond donors (Lipinski definition) is 0. The van der Waals surface area contributed by atoms with Gasteiger partial charge in [0.05, 0.1) is 12.7 Å². The van der Waals surface area contributed by atoms with Crippen LogP contribution in [0.1, 0.15) is 129 Å². The van der Waals surface area contributed by atoms with E-state index >= 15 is 0 Å². The highest BCUT2D eigenvalue weighted by atomic mass is 31.1. The highest BCUT2D eigenvalue weighted by Crippen LogP contribution is 2.62. The van der Waals surface area contributed by atoms with Gasteiger partial charge in [0.25, 0.3) is 0 Å². The van der Waals surface area contributed by atoms with E-state index in [1.165, 1.54) is 50.8 Å². The first kappa shape index (κ1) is 35.2. The van der Waals surface area contributed by atoms with E-state index < -0.39 is 19.7 Å². The molecule has 0 saturated carbocycles. The molecule has 5 heteroatoms. The lowest BCUT2D eigenvalue weighted by Crippen LogP contribution is -2.33. The molecule has 0 aliphatic carbocycles. The van der Waals surface area contributed by atoms with Crippen molar-refractivity contribution in [3.63, 3.8) is 0 Å². The van der Waals surface area contributed by atoms with Gasteiger partial charge >= 0.3 is 6.18 Å². The van der Waals surface area contributed by atoms with Crippen LogP contribution in [0, 0.1) is 6.92 Å². The van der Waals surface area contributed by atoms with Crippen molar-refractivity contribution >= 4 is 13.2 Å². The Kier molecular flexibility index (Phi) is 10.3. The average Bonchev–Trinajstić information content (AvgIpc) is 2.85. The maximum atomic E-state index is 13.6. The molecule has 0 radical (unpaired) electrons. The first-order chi connectivity index (χ1) is 19.6. The van der Waals surface area contributed by atoms with Crippen LogP contribution in [0.2, 0.25) is 0 Å². The van der Waals surface area contributed by atoms with Gasteiger partial charge in [0.1, 0.15) is 5.75 Å². The van der Waals surface area contributed by atoms with Crippen molar-refractivity contribution in [2.45, 2.75) is 124 Å². The third-order valence-electron chi connectivity index (χ3n) is 8.13. The van der Waals surface area contributed by atoms with Crippen LogP contribution < -0.4 is 10.0 Å². The number of ether oxygens (including phenoxy) is 1. The van der Waals surface area contributed by atoms with E-state index in [9.17, 15) is 13.2 Å². The quantitative estimate of drug-likeness (QED) is 0.241. The molecule has 0 unspecified atom stereocenters. The van der Waals surface area contributed by atoms with Gasteiger partial charge in [0, 0.05) is 5.30 Å². The van der Waals surface area contributed by atoms with Crippen molar-refractivity contribution in [2.75, 3.05) is 7.11 Å². The summed E-state index contributed by atoms with van der Waals surface area (Å²) in [5, 5.41) is 1.26. The van der Waals surface area contributed by atoms with E-state index in [1.807, 2.05) is 0 Å². The van der Waals surface area contributed by atoms with E-state index in [4.69, 9.17) is 4.74 Å². The standard InChI is InChI=1S/C38H52F3OP/c1-22(2)28-21-29(23(3)4)34(31(24(5)6)33(28)26-16-18-27(19-17-26)38(39,40)41)32-25(7)15-20-30(42-14)35(32)43(36(8,9)10)37(11,12)13/h15-24H,1-14H3. The van der Waals surface area contributed by atoms with Gasteiger partial charge in [0.2, 0.25) is 0 Å². The van der Waals surface area contributed by atoms with Gasteiger partial charge < -0.3 is 4.74 Å². The summed E-state index contributed by atoms with van der Waals surface area (Å²) in [5.74, 6) is 1.46. The minimum atomic E-state index is -4.38. The Bertz CT molecular complexity index is 1420. The van der Waals surface area contributed by atoms with E-state index in [0.717, 1.165) is 16.9 Å². The summed E-state index contributed by atoms with van der Waals surface area (Å²) in [6, 6.07) is 12.4. The summed E-state index contributed by atoms with van der Waals surface area (Å²) in [6.07, 6.45) is -4.38. The number of aryl methyl sites for hydroxylation is 1. The van der Waals surface area contributed by atoms with Crippen LogP contribution in [0.3, 0.4) is 0 Å². The molecular weight excluding hydrogens is 560 g/mol. The molecule has 0 spiro atoms. The predicted octanol–water partition coefficient (Wildman–Crippen LogP) is 12.4. The average molecular weight is 613 g/mol. The molecule has 0 heterocycles. The van der Waals surface area contributed by atoms with Crippen molar-refractivity contribution < 1.29 is 17.9 Å². The minimum absolute atomic E-state index is 0.00642. The summed E-state index contributed by atoms with van der Waals surface area (Å²) in [6.45, 7) is 29.5. The van der Waals surface area contributed by atoms with Crippen molar-refractivity contribution in [1.82, 2.24) is 0 Å². The molecule has 0 aliphatic rings. The summed E-state index contributed by atoms with van der Waals surface area (Å²) < 4.78 is 46.9. The predicted molar refractivity (Wildman–Crippen MR) is 182 cm³/mol. The molecule has 0 amide bonds. The van der Waals surface area contributed by atoms with Gasteiger partial charge in [-0.2, -0.15) is 13.2 Å². The third-order valence-corrected chi connectivity index (χ3v) is 11.7. The first-order valence-corrected chi connectivity index (χ1v) is 16.8. The molecule has 0 N–H and O–H groups in total. The molecule has 3 aromatic rings. The lowest BCUT2D eigenvalue weighted by Gasteiger charge is -2.44. The van der Waals surface area contributed by atoms with Crippen LogP contribution >= 0.6 is 7.92 Å². The molecule has 1 nitrogen and oxygen atoms in total. The zero-order chi connectivity index (χ0) is 32.8. The van der Waals surface area contributed by atoms with Crippen LogP contribution in [0.4, 0.5) is 13.2 Å². The van der Waals surface area contributed by atoms with Crippen molar-refractivity contribution in [3.8, 4) is 28.0 Å². The lowest BCUT2D eigenvalue weighted by atomic mass is 9.75. The Hall–Kier alpha value is -2.32. The van der Waals surface area contributed by atoms with Gasteiger partial charge in [-0.3, -0.25) is 0 Å². The number of methoxy groups -OCH3 is 1. The van der Waals surface area contributed by atoms with E-state index in [1.54, 1.807) is 19.2 Å². The summed E-state index contributed by atoms with van der Waals surface area (Å²) in [7, 11) is 1.02. The lowest BCUT2D eigenvalue weighted by molar-refractivity contribution is -0.137. The highest BCUT2D eigenvalue weighted by Gasteiger charge is 2.40. The summed E-state index contributed by atoms with van der Waals surface area (Å²) in [5.41, 5.74) is 8.55. The minimum Gasteiger partial charge on any atom is -0.496 e. The Morgan fingerprint density at radius 2 is 1.14 bits per heavy atom. The number of benzene rings is 3. The number of rotatable bonds is 7. The highest BCUT2D eigenvalue weighted by molar-refractivity contribution is 7.69. The van der Waals surface area contributed by atoms with E-state index in [0.29, 0.717) is 0 Å². The van der Waals surface area contributed by atoms with Crippen molar-refractivity contribution in [1.29, 1.82) is 0 Å². The Balaban J connectivity index is 2.68. The number of alkyl halides is 3. The molecule has 0 aromatic heterocycles. The van der Waals surface area contributed by atoms with Crippen molar-refractivity contribution in [3.05, 3.63) is 70.3 Å². The fourth-order valence-corrected chi connectivity index (χ4v) is 11.0. The maximum absolute atomic E-state index is 13.6. The van der Waals surface area contributed by atoms with Crippen LogP contribution in [0.5, 0.6) is 5.75 Å². The first-order valence-electron chi connectivity index (χ1n) is 15.5.